The number of hydrogen-bond acceptors (Lipinski definition) is 5. The first-order chi connectivity index (χ1) is 15.7. The van der Waals surface area contributed by atoms with Crippen molar-refractivity contribution in [3.05, 3.63) is 75.7 Å². The van der Waals surface area contributed by atoms with E-state index in [4.69, 9.17) is 9.47 Å². The topological polar surface area (TPSA) is 64.6 Å². The third-order valence-electron chi connectivity index (χ3n) is 6.08. The summed E-state index contributed by atoms with van der Waals surface area (Å²) < 4.78 is 11.4. The number of esters is 1. The van der Waals surface area contributed by atoms with Crippen molar-refractivity contribution in [2.75, 3.05) is 11.9 Å². The molecule has 2 heterocycles. The van der Waals surface area contributed by atoms with Gasteiger partial charge in [0.05, 0.1) is 18.1 Å². The SMILES string of the molecule is CCOC(=O)c1c(NC(=O)C2c3ccccc3Oc3ccccc32)sc2c1CCCCC2. The fraction of sp³-hybridized carbons (Fsp3) is 0.308. The lowest BCUT2D eigenvalue weighted by Crippen LogP contribution is -2.25. The zero-order valence-electron chi connectivity index (χ0n) is 18.0. The number of para-hydroxylation sites is 2. The largest absolute Gasteiger partial charge is 0.462 e. The Morgan fingerprint density at radius 1 is 1.00 bits per heavy atom. The van der Waals surface area contributed by atoms with Gasteiger partial charge >= 0.3 is 5.97 Å². The van der Waals surface area contributed by atoms with Gasteiger partial charge in [0, 0.05) is 16.0 Å². The molecule has 1 N–H and O–H groups in total. The van der Waals surface area contributed by atoms with Gasteiger partial charge in [-0.2, -0.15) is 0 Å². The number of amides is 1. The second-order valence-electron chi connectivity index (χ2n) is 8.09. The predicted molar refractivity (Wildman–Crippen MR) is 125 cm³/mol. The van der Waals surface area contributed by atoms with Crippen molar-refractivity contribution >= 4 is 28.2 Å². The van der Waals surface area contributed by atoms with Gasteiger partial charge in [0.25, 0.3) is 0 Å². The first-order valence-corrected chi connectivity index (χ1v) is 12.0. The summed E-state index contributed by atoms with van der Waals surface area (Å²) in [7, 11) is 0. The van der Waals surface area contributed by atoms with E-state index in [9.17, 15) is 9.59 Å². The maximum Gasteiger partial charge on any atom is 0.341 e. The molecule has 0 saturated carbocycles. The molecule has 164 valence electrons. The lowest BCUT2D eigenvalue weighted by Gasteiger charge is -2.27. The number of fused-ring (bicyclic) bond motifs is 3. The fourth-order valence-electron chi connectivity index (χ4n) is 4.63. The number of carbonyl (C=O) groups excluding carboxylic acids is 2. The Morgan fingerprint density at radius 2 is 1.66 bits per heavy atom. The number of ether oxygens (including phenoxy) is 2. The maximum absolute atomic E-state index is 13.7. The van der Waals surface area contributed by atoms with Crippen molar-refractivity contribution in [1.29, 1.82) is 0 Å². The predicted octanol–water partition coefficient (Wildman–Crippen LogP) is 6.07. The van der Waals surface area contributed by atoms with Crippen molar-refractivity contribution < 1.29 is 19.1 Å². The molecular formula is C26H25NO4S. The lowest BCUT2D eigenvalue weighted by atomic mass is 9.87. The molecule has 5 rings (SSSR count). The first-order valence-electron chi connectivity index (χ1n) is 11.2. The Kier molecular flexibility index (Phi) is 5.70. The monoisotopic (exact) mass is 447 g/mol. The van der Waals surface area contributed by atoms with E-state index in [0.717, 1.165) is 48.8 Å². The van der Waals surface area contributed by atoms with E-state index in [1.54, 1.807) is 6.92 Å². The number of thiophene rings is 1. The Balaban J connectivity index is 1.54. The molecule has 0 atom stereocenters. The lowest BCUT2D eigenvalue weighted by molar-refractivity contribution is -0.116. The van der Waals surface area contributed by atoms with E-state index in [2.05, 4.69) is 5.32 Å². The van der Waals surface area contributed by atoms with Crippen molar-refractivity contribution in [3.8, 4) is 11.5 Å². The number of aryl methyl sites for hydroxylation is 1. The number of hydrogen-bond donors (Lipinski definition) is 1. The summed E-state index contributed by atoms with van der Waals surface area (Å²) >= 11 is 1.52. The average molecular weight is 448 g/mol. The van der Waals surface area contributed by atoms with Crippen LogP contribution in [0.5, 0.6) is 11.5 Å². The summed E-state index contributed by atoms with van der Waals surface area (Å²) in [6.07, 6.45) is 5.08. The van der Waals surface area contributed by atoms with Crippen LogP contribution in [0.1, 0.15) is 64.0 Å². The molecule has 0 spiro atoms. The van der Waals surface area contributed by atoms with Gasteiger partial charge in [-0.3, -0.25) is 4.79 Å². The molecule has 3 aromatic rings. The first kappa shape index (κ1) is 20.8. The Morgan fingerprint density at radius 3 is 2.34 bits per heavy atom. The van der Waals surface area contributed by atoms with Gasteiger partial charge in [-0.05, 0) is 50.3 Å². The standard InChI is InChI=1S/C26H25NO4S/c1-2-30-26(29)23-18-12-4-3-5-15-21(18)32-25(23)27-24(28)22-16-10-6-8-13-19(16)31-20-14-9-7-11-17(20)22/h6-11,13-14,22H,2-5,12,15H2,1H3,(H,27,28). The van der Waals surface area contributed by atoms with Gasteiger partial charge in [-0.25, -0.2) is 4.79 Å². The highest BCUT2D eigenvalue weighted by atomic mass is 32.1. The molecule has 32 heavy (non-hydrogen) atoms. The van der Waals surface area contributed by atoms with E-state index in [1.807, 2.05) is 48.5 Å². The maximum atomic E-state index is 13.7. The van der Waals surface area contributed by atoms with Gasteiger partial charge in [0.2, 0.25) is 5.91 Å². The Hall–Kier alpha value is -3.12. The minimum atomic E-state index is -0.520. The fourth-order valence-corrected chi connectivity index (χ4v) is 5.91. The molecule has 0 fully saturated rings. The van der Waals surface area contributed by atoms with Gasteiger partial charge in [-0.1, -0.05) is 42.8 Å². The number of anilines is 1. The normalized spacial score (nSPS) is 14.9. The smallest absolute Gasteiger partial charge is 0.341 e. The number of rotatable bonds is 4. The number of nitrogens with one attached hydrogen (secondary N) is 1. The van der Waals surface area contributed by atoms with E-state index >= 15 is 0 Å². The number of carbonyl (C=O) groups is 2. The van der Waals surface area contributed by atoms with Crippen LogP contribution in [0.25, 0.3) is 0 Å². The average Bonchev–Trinajstić information content (AvgIpc) is 2.97. The summed E-state index contributed by atoms with van der Waals surface area (Å²) in [4.78, 5) is 27.8. The zero-order valence-corrected chi connectivity index (χ0v) is 18.8. The summed E-state index contributed by atoms with van der Waals surface area (Å²) in [6, 6.07) is 15.2. The van der Waals surface area contributed by atoms with Crippen LogP contribution in [-0.4, -0.2) is 18.5 Å². The molecule has 0 unspecified atom stereocenters. The van der Waals surface area contributed by atoms with Crippen molar-refractivity contribution in [2.45, 2.75) is 44.9 Å². The van der Waals surface area contributed by atoms with Gasteiger partial charge in [-0.15, -0.1) is 11.3 Å². The van der Waals surface area contributed by atoms with Crippen molar-refractivity contribution in [3.63, 3.8) is 0 Å². The van der Waals surface area contributed by atoms with Crippen molar-refractivity contribution in [2.24, 2.45) is 0 Å². The van der Waals surface area contributed by atoms with Crippen LogP contribution in [0.3, 0.4) is 0 Å². The van der Waals surface area contributed by atoms with E-state index in [-0.39, 0.29) is 11.9 Å². The molecule has 2 aliphatic rings. The van der Waals surface area contributed by atoms with Crippen LogP contribution in [0.2, 0.25) is 0 Å². The third kappa shape index (κ3) is 3.69. The van der Waals surface area contributed by atoms with E-state index < -0.39 is 5.92 Å². The summed E-state index contributed by atoms with van der Waals surface area (Å²) in [6.45, 7) is 2.11. The van der Waals surface area contributed by atoms with Crippen LogP contribution >= 0.6 is 11.3 Å². The molecule has 5 nitrogen and oxygen atoms in total. The van der Waals surface area contributed by atoms with E-state index in [1.165, 1.54) is 16.2 Å². The van der Waals surface area contributed by atoms with Crippen LogP contribution in [0, 0.1) is 0 Å². The summed E-state index contributed by atoms with van der Waals surface area (Å²) in [5.41, 5.74) is 3.23. The summed E-state index contributed by atoms with van der Waals surface area (Å²) in [5.74, 6) is 0.316. The molecule has 1 amide bonds. The Labute approximate surface area is 191 Å². The second-order valence-corrected chi connectivity index (χ2v) is 9.19. The van der Waals surface area contributed by atoms with Crippen LogP contribution in [0.4, 0.5) is 5.00 Å². The van der Waals surface area contributed by atoms with Crippen LogP contribution < -0.4 is 10.1 Å². The highest BCUT2D eigenvalue weighted by Gasteiger charge is 2.34. The number of benzene rings is 2. The third-order valence-corrected chi connectivity index (χ3v) is 7.29. The molecule has 0 radical (unpaired) electrons. The molecule has 2 aromatic carbocycles. The molecular weight excluding hydrogens is 422 g/mol. The van der Waals surface area contributed by atoms with E-state index in [0.29, 0.717) is 28.7 Å². The quantitative estimate of drug-likeness (QED) is 0.389. The second kappa shape index (κ2) is 8.79. The minimum absolute atomic E-state index is 0.171. The highest BCUT2D eigenvalue weighted by Crippen LogP contribution is 2.45. The van der Waals surface area contributed by atoms with Crippen LogP contribution in [-0.2, 0) is 22.4 Å². The minimum Gasteiger partial charge on any atom is -0.462 e. The Bertz CT molecular complexity index is 1140. The molecule has 0 saturated heterocycles. The van der Waals surface area contributed by atoms with Gasteiger partial charge in [0.1, 0.15) is 16.5 Å². The zero-order chi connectivity index (χ0) is 22.1. The molecule has 0 bridgehead atoms. The molecule has 6 heteroatoms. The molecule has 1 aromatic heterocycles. The van der Waals surface area contributed by atoms with Gasteiger partial charge < -0.3 is 14.8 Å². The molecule has 1 aliphatic carbocycles. The highest BCUT2D eigenvalue weighted by molar-refractivity contribution is 7.17. The van der Waals surface area contributed by atoms with Gasteiger partial charge in [0.15, 0.2) is 0 Å². The van der Waals surface area contributed by atoms with Crippen LogP contribution in [0.15, 0.2) is 48.5 Å². The summed E-state index contributed by atoms with van der Waals surface area (Å²) in [5, 5.41) is 3.70. The van der Waals surface area contributed by atoms with Crippen molar-refractivity contribution in [1.82, 2.24) is 0 Å². The molecule has 1 aliphatic heterocycles.